The number of amides is 2. The van der Waals surface area contributed by atoms with E-state index in [1.807, 2.05) is 32.0 Å². The van der Waals surface area contributed by atoms with Crippen LogP contribution < -0.4 is 5.32 Å². The van der Waals surface area contributed by atoms with Gasteiger partial charge in [0.15, 0.2) is 0 Å². The molecule has 1 aliphatic rings. The predicted octanol–water partition coefficient (Wildman–Crippen LogP) is 2.50. The van der Waals surface area contributed by atoms with Gasteiger partial charge < -0.3 is 10.2 Å². The fourth-order valence-corrected chi connectivity index (χ4v) is 2.71. The van der Waals surface area contributed by atoms with Crippen LogP contribution in [0.1, 0.15) is 30.9 Å². The van der Waals surface area contributed by atoms with E-state index in [1.165, 1.54) is 0 Å². The minimum Gasteiger partial charge on any atom is -0.342 e. The van der Waals surface area contributed by atoms with E-state index < -0.39 is 0 Å². The number of nitrogens with one attached hydrogen (secondary N) is 1. The summed E-state index contributed by atoms with van der Waals surface area (Å²) in [6.45, 7) is 6.84. The Morgan fingerprint density at radius 1 is 1.25 bits per heavy atom. The Bertz CT molecular complexity index is 505. The van der Waals surface area contributed by atoms with Crippen molar-refractivity contribution in [2.75, 3.05) is 18.4 Å². The van der Waals surface area contributed by atoms with Crippen LogP contribution in [0.15, 0.2) is 18.2 Å². The normalized spacial score (nSPS) is 18.8. The van der Waals surface area contributed by atoms with Crippen LogP contribution in [0.5, 0.6) is 0 Å². The number of aryl methyl sites for hydroxylation is 2. The number of benzene rings is 1. The molecule has 0 spiro atoms. The first-order valence-electron chi connectivity index (χ1n) is 7.11. The number of carbonyl (C=O) groups is 2. The molecule has 1 aliphatic heterocycles. The van der Waals surface area contributed by atoms with E-state index in [-0.39, 0.29) is 17.7 Å². The quantitative estimate of drug-likeness (QED) is 0.900. The second-order valence-electron chi connectivity index (χ2n) is 5.56. The monoisotopic (exact) mass is 274 g/mol. The highest BCUT2D eigenvalue weighted by Crippen LogP contribution is 2.23. The van der Waals surface area contributed by atoms with Gasteiger partial charge in [-0.05, 0) is 37.8 Å². The van der Waals surface area contributed by atoms with Crippen molar-refractivity contribution in [1.82, 2.24) is 4.90 Å². The summed E-state index contributed by atoms with van der Waals surface area (Å²) in [5.41, 5.74) is 3.03. The Kier molecular flexibility index (Phi) is 4.42. The number of piperidine rings is 1. The highest BCUT2D eigenvalue weighted by atomic mass is 16.2. The highest BCUT2D eigenvalue weighted by Gasteiger charge is 2.27. The Labute approximate surface area is 120 Å². The van der Waals surface area contributed by atoms with Crippen molar-refractivity contribution < 1.29 is 9.59 Å². The second kappa shape index (κ2) is 6.07. The molecule has 2 amide bonds. The molecule has 1 heterocycles. The van der Waals surface area contributed by atoms with Crippen molar-refractivity contribution in [2.45, 2.75) is 33.6 Å². The van der Waals surface area contributed by atoms with Crippen molar-refractivity contribution >= 4 is 17.5 Å². The maximum atomic E-state index is 12.4. The number of rotatable bonds is 2. The Hall–Kier alpha value is -1.84. The maximum Gasteiger partial charge on any atom is 0.229 e. The Balaban J connectivity index is 2.06. The molecule has 4 heteroatoms. The number of anilines is 1. The molecule has 2 rings (SSSR count). The number of para-hydroxylation sites is 1. The van der Waals surface area contributed by atoms with E-state index >= 15 is 0 Å². The molecule has 1 aromatic carbocycles. The van der Waals surface area contributed by atoms with Crippen LogP contribution in [-0.4, -0.2) is 29.8 Å². The van der Waals surface area contributed by atoms with Crippen molar-refractivity contribution in [3.05, 3.63) is 29.3 Å². The third-order valence-corrected chi connectivity index (χ3v) is 3.97. The zero-order chi connectivity index (χ0) is 14.7. The van der Waals surface area contributed by atoms with Crippen LogP contribution in [0.3, 0.4) is 0 Å². The van der Waals surface area contributed by atoms with Crippen molar-refractivity contribution in [3.63, 3.8) is 0 Å². The minimum absolute atomic E-state index is 0.0216. The first-order chi connectivity index (χ1) is 9.49. The Morgan fingerprint density at radius 3 is 2.50 bits per heavy atom. The van der Waals surface area contributed by atoms with Crippen LogP contribution >= 0.6 is 0 Å². The van der Waals surface area contributed by atoms with Gasteiger partial charge in [-0.15, -0.1) is 0 Å². The van der Waals surface area contributed by atoms with Crippen LogP contribution in [-0.2, 0) is 9.59 Å². The van der Waals surface area contributed by atoms with Gasteiger partial charge in [-0.1, -0.05) is 18.2 Å². The lowest BCUT2D eigenvalue weighted by Crippen LogP contribution is -2.42. The lowest BCUT2D eigenvalue weighted by molar-refractivity contribution is -0.132. The molecule has 1 saturated heterocycles. The highest BCUT2D eigenvalue weighted by molar-refractivity contribution is 5.94. The number of carbonyl (C=O) groups excluding carboxylic acids is 2. The maximum absolute atomic E-state index is 12.4. The fourth-order valence-electron chi connectivity index (χ4n) is 2.71. The largest absolute Gasteiger partial charge is 0.342 e. The molecule has 1 aromatic rings. The van der Waals surface area contributed by atoms with E-state index in [1.54, 1.807) is 11.8 Å². The van der Waals surface area contributed by atoms with Crippen molar-refractivity contribution in [1.29, 1.82) is 0 Å². The van der Waals surface area contributed by atoms with Crippen LogP contribution in [0.4, 0.5) is 5.69 Å². The molecule has 1 unspecified atom stereocenters. The first-order valence-corrected chi connectivity index (χ1v) is 7.11. The molecule has 0 bridgehead atoms. The molecule has 0 aromatic heterocycles. The molecule has 20 heavy (non-hydrogen) atoms. The molecule has 108 valence electrons. The topological polar surface area (TPSA) is 49.4 Å². The Morgan fingerprint density at radius 2 is 1.90 bits per heavy atom. The number of likely N-dealkylation sites (tertiary alicyclic amines) is 1. The van der Waals surface area contributed by atoms with E-state index in [0.29, 0.717) is 6.54 Å². The molecule has 0 saturated carbocycles. The number of hydrogen-bond donors (Lipinski definition) is 1. The molecular weight excluding hydrogens is 252 g/mol. The molecule has 1 N–H and O–H groups in total. The molecule has 1 atom stereocenters. The van der Waals surface area contributed by atoms with E-state index in [9.17, 15) is 9.59 Å². The van der Waals surface area contributed by atoms with Gasteiger partial charge in [0.2, 0.25) is 11.8 Å². The predicted molar refractivity (Wildman–Crippen MR) is 79.5 cm³/mol. The van der Waals surface area contributed by atoms with Gasteiger partial charge in [0.05, 0.1) is 5.92 Å². The smallest absolute Gasteiger partial charge is 0.229 e. The summed E-state index contributed by atoms with van der Waals surface area (Å²) in [6.07, 6.45) is 1.74. The summed E-state index contributed by atoms with van der Waals surface area (Å²) >= 11 is 0. The first kappa shape index (κ1) is 14.6. The molecule has 0 radical (unpaired) electrons. The summed E-state index contributed by atoms with van der Waals surface area (Å²) in [6, 6.07) is 5.97. The molecule has 0 aliphatic carbocycles. The summed E-state index contributed by atoms with van der Waals surface area (Å²) in [5.74, 6) is -0.0328. The van der Waals surface area contributed by atoms with Crippen molar-refractivity contribution in [2.24, 2.45) is 5.92 Å². The van der Waals surface area contributed by atoms with Crippen molar-refractivity contribution in [3.8, 4) is 0 Å². The van der Waals surface area contributed by atoms with E-state index in [4.69, 9.17) is 0 Å². The van der Waals surface area contributed by atoms with Gasteiger partial charge >= 0.3 is 0 Å². The van der Waals surface area contributed by atoms with Crippen LogP contribution in [0.25, 0.3) is 0 Å². The van der Waals surface area contributed by atoms with Gasteiger partial charge in [0.25, 0.3) is 0 Å². The van der Waals surface area contributed by atoms with Gasteiger partial charge in [-0.2, -0.15) is 0 Å². The van der Waals surface area contributed by atoms with Crippen LogP contribution in [0, 0.1) is 19.8 Å². The zero-order valence-electron chi connectivity index (χ0n) is 12.4. The molecule has 4 nitrogen and oxygen atoms in total. The third-order valence-electron chi connectivity index (χ3n) is 3.97. The second-order valence-corrected chi connectivity index (χ2v) is 5.56. The van der Waals surface area contributed by atoms with Crippen LogP contribution in [0.2, 0.25) is 0 Å². The molecule has 1 fully saturated rings. The average Bonchev–Trinajstić information content (AvgIpc) is 2.43. The lowest BCUT2D eigenvalue weighted by Gasteiger charge is -2.31. The lowest BCUT2D eigenvalue weighted by atomic mass is 9.96. The zero-order valence-corrected chi connectivity index (χ0v) is 12.4. The average molecular weight is 274 g/mol. The SMILES string of the molecule is CC(=O)N1CCCC(C(=O)Nc2c(C)cccc2C)C1. The number of hydrogen-bond acceptors (Lipinski definition) is 2. The van der Waals surface area contributed by atoms with E-state index in [2.05, 4.69) is 5.32 Å². The summed E-state index contributed by atoms with van der Waals surface area (Å²) < 4.78 is 0. The molecular formula is C16H22N2O2. The summed E-state index contributed by atoms with van der Waals surface area (Å²) in [5, 5.41) is 3.03. The summed E-state index contributed by atoms with van der Waals surface area (Å²) in [7, 11) is 0. The third kappa shape index (κ3) is 3.18. The number of nitrogens with zero attached hydrogens (tertiary/aromatic N) is 1. The van der Waals surface area contributed by atoms with Gasteiger partial charge in [-0.25, -0.2) is 0 Å². The van der Waals surface area contributed by atoms with Gasteiger partial charge in [0, 0.05) is 25.7 Å². The van der Waals surface area contributed by atoms with E-state index in [0.717, 1.165) is 36.2 Å². The van der Waals surface area contributed by atoms with Gasteiger partial charge in [-0.3, -0.25) is 9.59 Å². The standard InChI is InChI=1S/C16H22N2O2/c1-11-6-4-7-12(2)15(11)17-16(20)14-8-5-9-18(10-14)13(3)19/h4,6-7,14H,5,8-10H2,1-3H3,(H,17,20). The fraction of sp³-hybridized carbons (Fsp3) is 0.500. The minimum atomic E-state index is -0.105. The summed E-state index contributed by atoms with van der Waals surface area (Å²) in [4.78, 5) is 25.6. The van der Waals surface area contributed by atoms with Gasteiger partial charge in [0.1, 0.15) is 0 Å².